The number of rotatable bonds is 42. The minimum absolute atomic E-state index is 0.0947. The zero-order valence-corrected chi connectivity index (χ0v) is 38.2. The molecule has 1 atom stereocenters. The predicted octanol–water partition coefficient (Wildman–Crippen LogP) is 15.6. The molecule has 0 saturated heterocycles. The molecule has 0 saturated carbocycles. The van der Waals surface area contributed by atoms with E-state index in [0.717, 1.165) is 116 Å². The molecule has 0 fully saturated rings. The van der Waals surface area contributed by atoms with Crippen LogP contribution >= 0.6 is 0 Å². The summed E-state index contributed by atoms with van der Waals surface area (Å²) in [6, 6.07) is 0. The van der Waals surface area contributed by atoms with E-state index >= 15 is 0 Å². The van der Waals surface area contributed by atoms with Crippen molar-refractivity contribution < 1.29 is 28.6 Å². The lowest BCUT2D eigenvalue weighted by atomic mass is 10.0. The molecule has 0 aliphatic heterocycles. The van der Waals surface area contributed by atoms with Crippen molar-refractivity contribution in [1.82, 2.24) is 0 Å². The molecule has 0 heterocycles. The molecule has 0 radical (unpaired) electrons. The van der Waals surface area contributed by atoms with Crippen LogP contribution in [-0.2, 0) is 28.6 Å². The smallest absolute Gasteiger partial charge is 0.306 e. The van der Waals surface area contributed by atoms with Crippen molar-refractivity contribution in [3.05, 3.63) is 85.1 Å². The standard InChI is InChI=1S/C53H88O6/c1-4-7-10-13-16-19-22-25-26-27-29-31-34-37-40-43-46-52(55)58-49-50(48-57-51(54)45-42-39-36-33-30-24-21-18-15-12-9-6-3)59-53(56)47-44-41-38-35-32-28-23-20-17-14-11-8-5-2/h7-8,10-11,14,16-17,19-20,23,25-26,29,31,50H,4-6,9,12-13,15,18,21-22,24,27-28,30,32-49H2,1-3H3/b10-7-,11-8-,17-14-,19-16-,23-20-,26-25-,31-29-. The number of unbranched alkanes of at least 4 members (excludes halogenated alkanes) is 19. The van der Waals surface area contributed by atoms with Crippen LogP contribution in [-0.4, -0.2) is 37.2 Å². The van der Waals surface area contributed by atoms with E-state index in [4.69, 9.17) is 14.2 Å². The van der Waals surface area contributed by atoms with Gasteiger partial charge < -0.3 is 14.2 Å². The largest absolute Gasteiger partial charge is 0.462 e. The maximum absolute atomic E-state index is 12.7. The summed E-state index contributed by atoms with van der Waals surface area (Å²) in [6.45, 7) is 6.33. The normalized spacial score (nSPS) is 12.8. The number of hydrogen-bond acceptors (Lipinski definition) is 6. The molecule has 0 bridgehead atoms. The lowest BCUT2D eigenvalue weighted by Crippen LogP contribution is -2.30. The minimum atomic E-state index is -0.797. The van der Waals surface area contributed by atoms with Gasteiger partial charge in [0.05, 0.1) is 0 Å². The summed E-state index contributed by atoms with van der Waals surface area (Å²) in [4.78, 5) is 37.8. The van der Waals surface area contributed by atoms with Crippen molar-refractivity contribution in [3.8, 4) is 0 Å². The Kier molecular flexibility index (Phi) is 44.5. The van der Waals surface area contributed by atoms with E-state index in [0.29, 0.717) is 19.3 Å². The molecule has 336 valence electrons. The quantitative estimate of drug-likeness (QED) is 0.0201. The molecule has 6 nitrogen and oxygen atoms in total. The van der Waals surface area contributed by atoms with Gasteiger partial charge in [-0.25, -0.2) is 0 Å². The van der Waals surface area contributed by atoms with Gasteiger partial charge in [0, 0.05) is 19.3 Å². The molecule has 0 aliphatic rings. The predicted molar refractivity (Wildman–Crippen MR) is 251 cm³/mol. The van der Waals surface area contributed by atoms with Crippen LogP contribution in [0.3, 0.4) is 0 Å². The first kappa shape index (κ1) is 55.6. The number of esters is 3. The third-order valence-electron chi connectivity index (χ3n) is 9.96. The average Bonchev–Trinajstić information content (AvgIpc) is 3.23. The summed E-state index contributed by atoms with van der Waals surface area (Å²) >= 11 is 0. The molecule has 0 rings (SSSR count). The van der Waals surface area contributed by atoms with Crippen LogP contribution in [0, 0.1) is 0 Å². The minimum Gasteiger partial charge on any atom is -0.462 e. The number of ether oxygens (including phenoxy) is 3. The Morgan fingerprint density at radius 3 is 1.24 bits per heavy atom. The summed E-state index contributed by atoms with van der Waals surface area (Å²) < 4.78 is 16.7. The highest BCUT2D eigenvalue weighted by atomic mass is 16.6. The first-order chi connectivity index (χ1) is 29.0. The maximum Gasteiger partial charge on any atom is 0.306 e. The second-order valence-corrected chi connectivity index (χ2v) is 15.7. The van der Waals surface area contributed by atoms with Crippen LogP contribution in [0.5, 0.6) is 0 Å². The molecular weight excluding hydrogens is 733 g/mol. The second kappa shape index (κ2) is 47.3. The first-order valence-electron chi connectivity index (χ1n) is 24.1. The molecule has 0 aromatic heterocycles. The van der Waals surface area contributed by atoms with Gasteiger partial charge in [0.15, 0.2) is 6.10 Å². The molecule has 59 heavy (non-hydrogen) atoms. The van der Waals surface area contributed by atoms with Crippen molar-refractivity contribution in [1.29, 1.82) is 0 Å². The van der Waals surface area contributed by atoms with Gasteiger partial charge in [-0.1, -0.05) is 202 Å². The SMILES string of the molecule is CC\C=C/C=C\C=C/CCCCCCCC(=O)OC(COC(=O)CCCCC/C=C\C/C=C\C/C=C\C/C=C\CC)COC(=O)CCCCCCCCCCCCCC. The number of carbonyl (C=O) groups is 3. The fourth-order valence-electron chi connectivity index (χ4n) is 6.37. The Balaban J connectivity index is 4.47. The van der Waals surface area contributed by atoms with E-state index < -0.39 is 6.10 Å². The van der Waals surface area contributed by atoms with Gasteiger partial charge in [-0.15, -0.1) is 0 Å². The highest BCUT2D eigenvalue weighted by molar-refractivity contribution is 5.71. The fraction of sp³-hybridized carbons (Fsp3) is 0.679. The van der Waals surface area contributed by atoms with Crippen molar-refractivity contribution in [2.45, 2.75) is 219 Å². The van der Waals surface area contributed by atoms with Gasteiger partial charge in [-0.3, -0.25) is 14.4 Å². The van der Waals surface area contributed by atoms with Gasteiger partial charge in [-0.05, 0) is 77.0 Å². The van der Waals surface area contributed by atoms with E-state index in [1.807, 2.05) is 0 Å². The van der Waals surface area contributed by atoms with Crippen LogP contribution in [0.1, 0.15) is 213 Å². The van der Waals surface area contributed by atoms with Gasteiger partial charge in [0.2, 0.25) is 0 Å². The Hall–Kier alpha value is -3.41. The number of carbonyl (C=O) groups excluding carboxylic acids is 3. The Labute approximate surface area is 363 Å². The molecule has 1 unspecified atom stereocenters. The number of hydrogen-bond donors (Lipinski definition) is 0. The summed E-state index contributed by atoms with van der Waals surface area (Å²) in [5.74, 6) is -0.952. The lowest BCUT2D eigenvalue weighted by molar-refractivity contribution is -0.167. The van der Waals surface area contributed by atoms with Gasteiger partial charge >= 0.3 is 17.9 Å². The molecular formula is C53H88O6. The van der Waals surface area contributed by atoms with E-state index in [1.54, 1.807) is 0 Å². The second-order valence-electron chi connectivity index (χ2n) is 15.7. The van der Waals surface area contributed by atoms with E-state index in [1.165, 1.54) is 57.8 Å². The van der Waals surface area contributed by atoms with Crippen LogP contribution in [0.15, 0.2) is 85.1 Å². The molecule has 0 amide bonds. The van der Waals surface area contributed by atoms with Gasteiger partial charge in [-0.2, -0.15) is 0 Å². The van der Waals surface area contributed by atoms with E-state index in [-0.39, 0.29) is 31.1 Å². The zero-order valence-electron chi connectivity index (χ0n) is 38.2. The lowest BCUT2D eigenvalue weighted by Gasteiger charge is -2.18. The van der Waals surface area contributed by atoms with Crippen LogP contribution in [0.25, 0.3) is 0 Å². The van der Waals surface area contributed by atoms with Crippen molar-refractivity contribution in [2.24, 2.45) is 0 Å². The third-order valence-corrected chi connectivity index (χ3v) is 9.96. The Morgan fingerprint density at radius 2 is 0.746 bits per heavy atom. The van der Waals surface area contributed by atoms with Crippen LogP contribution in [0.2, 0.25) is 0 Å². The summed E-state index contributed by atoms with van der Waals surface area (Å²) in [7, 11) is 0. The fourth-order valence-corrected chi connectivity index (χ4v) is 6.37. The molecule has 0 spiro atoms. The van der Waals surface area contributed by atoms with Gasteiger partial charge in [0.1, 0.15) is 13.2 Å². The first-order valence-corrected chi connectivity index (χ1v) is 24.1. The summed E-state index contributed by atoms with van der Waals surface area (Å²) in [5, 5.41) is 0. The van der Waals surface area contributed by atoms with E-state index in [2.05, 4.69) is 106 Å². The highest BCUT2D eigenvalue weighted by Gasteiger charge is 2.19. The molecule has 0 aliphatic carbocycles. The summed E-state index contributed by atoms with van der Waals surface area (Å²) in [5.41, 5.74) is 0. The highest BCUT2D eigenvalue weighted by Crippen LogP contribution is 2.14. The van der Waals surface area contributed by atoms with Crippen molar-refractivity contribution in [3.63, 3.8) is 0 Å². The summed E-state index contributed by atoms with van der Waals surface area (Å²) in [6.07, 6.45) is 59.9. The molecule has 0 N–H and O–H groups in total. The maximum atomic E-state index is 12.7. The van der Waals surface area contributed by atoms with Crippen LogP contribution in [0.4, 0.5) is 0 Å². The zero-order chi connectivity index (χ0) is 43.0. The molecule has 0 aromatic carbocycles. The monoisotopic (exact) mass is 821 g/mol. The molecule has 0 aromatic rings. The van der Waals surface area contributed by atoms with Gasteiger partial charge in [0.25, 0.3) is 0 Å². The van der Waals surface area contributed by atoms with Crippen molar-refractivity contribution >= 4 is 17.9 Å². The molecule has 6 heteroatoms. The van der Waals surface area contributed by atoms with E-state index in [9.17, 15) is 14.4 Å². The average molecular weight is 821 g/mol. The third kappa shape index (κ3) is 45.5. The van der Waals surface area contributed by atoms with Crippen molar-refractivity contribution in [2.75, 3.05) is 13.2 Å². The van der Waals surface area contributed by atoms with Crippen LogP contribution < -0.4 is 0 Å². The Bertz CT molecular complexity index is 1170. The topological polar surface area (TPSA) is 78.9 Å². The Morgan fingerprint density at radius 1 is 0.373 bits per heavy atom. The number of allylic oxidation sites excluding steroid dienone is 14.